The van der Waals surface area contributed by atoms with E-state index in [1.54, 1.807) is 0 Å². The van der Waals surface area contributed by atoms with Crippen molar-refractivity contribution in [3.63, 3.8) is 0 Å². The minimum atomic E-state index is -0.919. The molecule has 0 aromatic rings. The number of hydrogen-bond donors (Lipinski definition) is 2. The van der Waals surface area contributed by atoms with Crippen molar-refractivity contribution in [2.24, 2.45) is 11.8 Å². The average Bonchev–Trinajstić information content (AvgIpc) is 2.94. The Morgan fingerprint density at radius 2 is 2.06 bits per heavy atom. The summed E-state index contributed by atoms with van der Waals surface area (Å²) in [5.74, 6) is -0.535. The second-order valence-electron chi connectivity index (χ2n) is 4.71. The van der Waals surface area contributed by atoms with Crippen LogP contribution in [0.2, 0.25) is 0 Å². The van der Waals surface area contributed by atoms with Crippen molar-refractivity contribution >= 4 is 11.9 Å². The van der Waals surface area contributed by atoms with Crippen LogP contribution in [-0.2, 0) is 9.59 Å². The van der Waals surface area contributed by atoms with E-state index in [0.29, 0.717) is 12.3 Å². The highest BCUT2D eigenvalue weighted by atomic mass is 16.4. The van der Waals surface area contributed by atoms with E-state index in [1.165, 1.54) is 0 Å². The maximum atomic E-state index is 11.6. The lowest BCUT2D eigenvalue weighted by Crippen LogP contribution is -2.41. The molecule has 0 radical (unpaired) electrons. The molecule has 2 N–H and O–H groups in total. The van der Waals surface area contributed by atoms with Crippen molar-refractivity contribution < 1.29 is 14.7 Å². The molecule has 92 valence electrons. The summed E-state index contributed by atoms with van der Waals surface area (Å²) >= 11 is 0. The van der Waals surface area contributed by atoms with Gasteiger partial charge in [-0.25, -0.2) is 4.79 Å². The molecule has 1 fully saturated rings. The molecular formula is C12H21NO3. The zero-order chi connectivity index (χ0) is 12.1. The predicted molar refractivity (Wildman–Crippen MR) is 61.0 cm³/mol. The number of carboxylic acid groups (broad SMARTS) is 1. The summed E-state index contributed by atoms with van der Waals surface area (Å²) in [7, 11) is 0. The second-order valence-corrected chi connectivity index (χ2v) is 4.71. The van der Waals surface area contributed by atoms with Crippen molar-refractivity contribution in [2.75, 3.05) is 0 Å². The van der Waals surface area contributed by atoms with E-state index in [4.69, 9.17) is 5.11 Å². The third kappa shape index (κ3) is 3.83. The first-order chi connectivity index (χ1) is 7.56. The standard InChI is InChI=1S/C12H21NO3/c1-3-4-5-6-10(12(15)16)13-11(14)9-7-8(9)2/h8-10H,3-7H2,1-2H3,(H,13,14)(H,15,16). The molecule has 4 heteroatoms. The monoisotopic (exact) mass is 227 g/mol. The number of rotatable bonds is 7. The maximum absolute atomic E-state index is 11.6. The van der Waals surface area contributed by atoms with E-state index in [0.717, 1.165) is 25.7 Å². The van der Waals surface area contributed by atoms with Crippen LogP contribution in [0.25, 0.3) is 0 Å². The molecule has 1 saturated carbocycles. The van der Waals surface area contributed by atoms with Crippen LogP contribution in [0.15, 0.2) is 0 Å². The molecule has 16 heavy (non-hydrogen) atoms. The Hall–Kier alpha value is -1.06. The third-order valence-corrected chi connectivity index (χ3v) is 3.16. The summed E-state index contributed by atoms with van der Waals surface area (Å²) in [6, 6.07) is -0.702. The van der Waals surface area contributed by atoms with Crippen molar-refractivity contribution in [1.29, 1.82) is 0 Å². The Balaban J connectivity index is 2.32. The van der Waals surface area contributed by atoms with Crippen LogP contribution < -0.4 is 5.32 Å². The number of nitrogens with one attached hydrogen (secondary N) is 1. The van der Waals surface area contributed by atoms with Gasteiger partial charge >= 0.3 is 5.97 Å². The molecule has 0 spiro atoms. The van der Waals surface area contributed by atoms with Gasteiger partial charge in [0, 0.05) is 5.92 Å². The van der Waals surface area contributed by atoms with Gasteiger partial charge in [0.2, 0.25) is 5.91 Å². The fourth-order valence-electron chi connectivity index (χ4n) is 1.82. The summed E-state index contributed by atoms with van der Waals surface area (Å²) in [6.45, 7) is 4.08. The lowest BCUT2D eigenvalue weighted by molar-refractivity contribution is -0.142. The summed E-state index contributed by atoms with van der Waals surface area (Å²) in [5, 5.41) is 11.6. The topological polar surface area (TPSA) is 66.4 Å². The Bertz CT molecular complexity index is 265. The fraction of sp³-hybridized carbons (Fsp3) is 0.833. The van der Waals surface area contributed by atoms with Crippen LogP contribution in [0.5, 0.6) is 0 Å². The molecule has 1 aliphatic rings. The number of hydrogen-bond acceptors (Lipinski definition) is 2. The molecule has 4 nitrogen and oxygen atoms in total. The first-order valence-electron chi connectivity index (χ1n) is 6.09. The smallest absolute Gasteiger partial charge is 0.326 e. The fourth-order valence-corrected chi connectivity index (χ4v) is 1.82. The summed E-state index contributed by atoms with van der Waals surface area (Å²) < 4.78 is 0. The largest absolute Gasteiger partial charge is 0.480 e. The minimum Gasteiger partial charge on any atom is -0.480 e. The highest BCUT2D eigenvalue weighted by molar-refractivity contribution is 5.86. The van der Waals surface area contributed by atoms with Gasteiger partial charge in [0.25, 0.3) is 0 Å². The zero-order valence-electron chi connectivity index (χ0n) is 10.0. The van der Waals surface area contributed by atoms with E-state index in [1.807, 2.05) is 6.92 Å². The number of carbonyl (C=O) groups is 2. The summed E-state index contributed by atoms with van der Waals surface area (Å²) in [5.41, 5.74) is 0. The zero-order valence-corrected chi connectivity index (χ0v) is 10.0. The van der Waals surface area contributed by atoms with E-state index < -0.39 is 12.0 Å². The molecule has 1 aliphatic carbocycles. The van der Waals surface area contributed by atoms with Crippen LogP contribution in [0.3, 0.4) is 0 Å². The van der Waals surface area contributed by atoms with E-state index in [9.17, 15) is 9.59 Å². The van der Waals surface area contributed by atoms with Crippen molar-refractivity contribution in [1.82, 2.24) is 5.32 Å². The molecule has 0 aromatic carbocycles. The van der Waals surface area contributed by atoms with Gasteiger partial charge in [-0.1, -0.05) is 33.1 Å². The highest BCUT2D eigenvalue weighted by Gasteiger charge is 2.40. The number of carboxylic acids is 1. The molecule has 1 rings (SSSR count). The van der Waals surface area contributed by atoms with Gasteiger partial charge in [-0.3, -0.25) is 4.79 Å². The van der Waals surface area contributed by atoms with Gasteiger partial charge < -0.3 is 10.4 Å². The quantitative estimate of drug-likeness (QED) is 0.652. The normalized spacial score (nSPS) is 24.9. The Morgan fingerprint density at radius 3 is 2.50 bits per heavy atom. The first kappa shape index (κ1) is 13.0. The van der Waals surface area contributed by atoms with Crippen LogP contribution >= 0.6 is 0 Å². The van der Waals surface area contributed by atoms with Crippen LogP contribution in [-0.4, -0.2) is 23.0 Å². The Labute approximate surface area is 96.4 Å². The van der Waals surface area contributed by atoms with Gasteiger partial charge in [-0.05, 0) is 18.8 Å². The van der Waals surface area contributed by atoms with Crippen molar-refractivity contribution in [2.45, 2.75) is 52.0 Å². The number of aliphatic carboxylic acids is 1. The molecule has 3 unspecified atom stereocenters. The minimum absolute atomic E-state index is 0.0491. The van der Waals surface area contributed by atoms with Gasteiger partial charge in [0.05, 0.1) is 0 Å². The molecular weight excluding hydrogens is 206 g/mol. The lowest BCUT2D eigenvalue weighted by Gasteiger charge is -2.14. The van der Waals surface area contributed by atoms with Gasteiger partial charge in [0.1, 0.15) is 6.04 Å². The lowest BCUT2D eigenvalue weighted by atomic mass is 10.1. The van der Waals surface area contributed by atoms with Gasteiger partial charge in [-0.2, -0.15) is 0 Å². The Kier molecular flexibility index (Phi) is 4.77. The number of unbranched alkanes of at least 4 members (excludes halogenated alkanes) is 2. The molecule has 1 amide bonds. The predicted octanol–water partition coefficient (Wildman–Crippen LogP) is 1.79. The second kappa shape index (κ2) is 5.87. The van der Waals surface area contributed by atoms with E-state index >= 15 is 0 Å². The maximum Gasteiger partial charge on any atom is 0.326 e. The molecule has 0 bridgehead atoms. The van der Waals surface area contributed by atoms with Gasteiger partial charge in [-0.15, -0.1) is 0 Å². The summed E-state index contributed by atoms with van der Waals surface area (Å²) in [4.78, 5) is 22.5. The van der Waals surface area contributed by atoms with E-state index in [-0.39, 0.29) is 11.8 Å². The van der Waals surface area contributed by atoms with Crippen LogP contribution in [0.4, 0.5) is 0 Å². The third-order valence-electron chi connectivity index (χ3n) is 3.16. The average molecular weight is 227 g/mol. The van der Waals surface area contributed by atoms with Crippen molar-refractivity contribution in [3.05, 3.63) is 0 Å². The Morgan fingerprint density at radius 1 is 1.44 bits per heavy atom. The van der Waals surface area contributed by atoms with Crippen molar-refractivity contribution in [3.8, 4) is 0 Å². The molecule has 0 saturated heterocycles. The number of amides is 1. The first-order valence-corrected chi connectivity index (χ1v) is 6.09. The van der Waals surface area contributed by atoms with Gasteiger partial charge in [0.15, 0.2) is 0 Å². The number of carbonyl (C=O) groups excluding carboxylic acids is 1. The SMILES string of the molecule is CCCCCC(NC(=O)C1CC1C)C(=O)O. The van der Waals surface area contributed by atoms with Crippen LogP contribution in [0, 0.1) is 11.8 Å². The molecule has 0 heterocycles. The van der Waals surface area contributed by atoms with E-state index in [2.05, 4.69) is 12.2 Å². The summed E-state index contributed by atoms with van der Waals surface area (Å²) in [6.07, 6.45) is 4.36. The highest BCUT2D eigenvalue weighted by Crippen LogP contribution is 2.37. The molecule has 0 aromatic heterocycles. The molecule has 3 atom stereocenters. The van der Waals surface area contributed by atoms with Crippen LogP contribution in [0.1, 0.15) is 46.0 Å². The molecule has 0 aliphatic heterocycles.